The molecule has 1 atom stereocenters. The molecule has 0 aromatic heterocycles. The van der Waals surface area contributed by atoms with E-state index in [1.54, 1.807) is 48.5 Å². The second-order valence-corrected chi connectivity index (χ2v) is 11.1. The van der Waals surface area contributed by atoms with Gasteiger partial charge in [0.1, 0.15) is 25.9 Å². The van der Waals surface area contributed by atoms with Gasteiger partial charge in [-0.2, -0.15) is 0 Å². The predicted molar refractivity (Wildman–Crippen MR) is 181 cm³/mol. The molecule has 0 aliphatic heterocycles. The lowest BCUT2D eigenvalue weighted by atomic mass is 9.98. The normalized spacial score (nSPS) is 12.0. The summed E-state index contributed by atoms with van der Waals surface area (Å²) in [6.07, 6.45) is -2.43. The molecule has 1 aliphatic rings. The Bertz CT molecular complexity index is 1680. The fourth-order valence-electron chi connectivity index (χ4n) is 5.35. The van der Waals surface area contributed by atoms with E-state index < -0.39 is 30.3 Å². The largest absolute Gasteiger partial charge is 0.480 e. The van der Waals surface area contributed by atoms with Gasteiger partial charge in [-0.3, -0.25) is 15.6 Å². The number of guanidine groups is 1. The third-order valence-electron chi connectivity index (χ3n) is 7.72. The number of aliphatic imine (C=N–C) groups is 1. The first-order valence-corrected chi connectivity index (χ1v) is 15.7. The first kappa shape index (κ1) is 34.2. The molecule has 252 valence electrons. The third kappa shape index (κ3) is 9.91. The van der Waals surface area contributed by atoms with Gasteiger partial charge < -0.3 is 24.6 Å². The molecule has 0 unspecified atom stereocenters. The summed E-state index contributed by atoms with van der Waals surface area (Å²) < 4.78 is 16.0. The SMILES string of the molecule is O=C(NC(=NCCC[C@H](NC(=O)OCC1c2ccccc2-c2ccccc21)C(=O)O)NC(=O)OCc1ccccc1)OCc1ccccc1. The molecule has 0 fully saturated rings. The minimum absolute atomic E-state index is 0.00673. The highest BCUT2D eigenvalue weighted by molar-refractivity contribution is 6.01. The van der Waals surface area contributed by atoms with Crippen LogP contribution in [0, 0.1) is 0 Å². The van der Waals surface area contributed by atoms with Crippen LogP contribution >= 0.6 is 0 Å². The minimum Gasteiger partial charge on any atom is -0.480 e. The van der Waals surface area contributed by atoms with Crippen molar-refractivity contribution in [2.45, 2.75) is 38.0 Å². The quantitative estimate of drug-likeness (QED) is 0.0623. The van der Waals surface area contributed by atoms with Gasteiger partial charge in [0, 0.05) is 12.5 Å². The van der Waals surface area contributed by atoms with Crippen LogP contribution in [0.15, 0.2) is 114 Å². The monoisotopic (exact) mass is 664 g/mol. The van der Waals surface area contributed by atoms with Gasteiger partial charge in [-0.25, -0.2) is 19.2 Å². The number of rotatable bonds is 12. The molecule has 1 aliphatic carbocycles. The molecule has 3 amide bonds. The summed E-state index contributed by atoms with van der Waals surface area (Å²) >= 11 is 0. The maximum Gasteiger partial charge on any atom is 0.414 e. The molecule has 4 N–H and O–H groups in total. The molecule has 49 heavy (non-hydrogen) atoms. The number of fused-ring (bicyclic) bond motifs is 3. The predicted octanol–water partition coefficient (Wildman–Crippen LogP) is 5.97. The number of alkyl carbamates (subject to hydrolysis) is 3. The maximum atomic E-state index is 12.7. The van der Waals surface area contributed by atoms with E-state index in [0.29, 0.717) is 0 Å². The average molecular weight is 665 g/mol. The Morgan fingerprint density at radius 3 is 1.65 bits per heavy atom. The number of nitrogens with one attached hydrogen (secondary N) is 3. The molecule has 0 spiro atoms. The van der Waals surface area contributed by atoms with Crippen molar-refractivity contribution in [2.75, 3.05) is 13.2 Å². The van der Waals surface area contributed by atoms with Crippen LogP contribution in [0.3, 0.4) is 0 Å². The van der Waals surface area contributed by atoms with Crippen LogP contribution in [0.1, 0.15) is 41.0 Å². The maximum absolute atomic E-state index is 12.7. The molecular formula is C37H36N4O8. The Hall–Kier alpha value is -6.17. The van der Waals surface area contributed by atoms with E-state index >= 15 is 0 Å². The van der Waals surface area contributed by atoms with E-state index in [-0.39, 0.29) is 51.1 Å². The number of amides is 3. The zero-order chi connectivity index (χ0) is 34.4. The smallest absolute Gasteiger partial charge is 0.414 e. The van der Waals surface area contributed by atoms with Crippen LogP contribution in [0.4, 0.5) is 14.4 Å². The van der Waals surface area contributed by atoms with Gasteiger partial charge in [-0.05, 0) is 46.2 Å². The van der Waals surface area contributed by atoms with Crippen molar-refractivity contribution in [1.82, 2.24) is 16.0 Å². The summed E-state index contributed by atoms with van der Waals surface area (Å²) in [6, 6.07) is 32.6. The zero-order valence-corrected chi connectivity index (χ0v) is 26.5. The van der Waals surface area contributed by atoms with Gasteiger partial charge in [-0.15, -0.1) is 0 Å². The number of carbonyl (C=O) groups is 4. The first-order valence-electron chi connectivity index (χ1n) is 15.7. The number of aliphatic carboxylic acids is 1. The molecule has 0 radical (unpaired) electrons. The number of hydrogen-bond donors (Lipinski definition) is 4. The highest BCUT2D eigenvalue weighted by Gasteiger charge is 2.29. The number of nitrogens with zero attached hydrogens (tertiary/aromatic N) is 1. The summed E-state index contributed by atoms with van der Waals surface area (Å²) in [5, 5.41) is 17.0. The van der Waals surface area contributed by atoms with Crippen LogP contribution in [0.2, 0.25) is 0 Å². The standard InChI is InChI=1S/C37H36N4O8/c42-33(43)32(39-35(44)49-24-31-29-18-9-7-16-27(29)28-17-8-10-19-30(28)31)20-11-21-38-34(40-36(45)47-22-25-12-3-1-4-13-25)41-37(46)48-23-26-14-5-2-6-15-26/h1-10,12-19,31-32H,11,20-24H2,(H,39,44)(H,42,43)(H2,38,40,41,45,46)/t32-/m0/s1. The fourth-order valence-corrected chi connectivity index (χ4v) is 5.35. The highest BCUT2D eigenvalue weighted by Crippen LogP contribution is 2.44. The fraction of sp³-hybridized carbons (Fsp3) is 0.216. The van der Waals surface area contributed by atoms with E-state index in [2.05, 4.69) is 20.9 Å². The van der Waals surface area contributed by atoms with Crippen molar-refractivity contribution in [2.24, 2.45) is 4.99 Å². The van der Waals surface area contributed by atoms with Crippen LogP contribution in [0.25, 0.3) is 11.1 Å². The van der Waals surface area contributed by atoms with Crippen molar-refractivity contribution < 1.29 is 38.5 Å². The summed E-state index contributed by atoms with van der Waals surface area (Å²) in [5.41, 5.74) is 5.75. The Balaban J connectivity index is 1.13. The molecule has 0 saturated heterocycles. The number of carboxylic acid groups (broad SMARTS) is 1. The van der Waals surface area contributed by atoms with Gasteiger partial charge in [-0.1, -0.05) is 109 Å². The zero-order valence-electron chi connectivity index (χ0n) is 26.5. The second-order valence-electron chi connectivity index (χ2n) is 11.1. The number of carbonyl (C=O) groups excluding carboxylic acids is 3. The van der Waals surface area contributed by atoms with Gasteiger partial charge >= 0.3 is 24.2 Å². The van der Waals surface area contributed by atoms with Crippen LogP contribution < -0.4 is 16.0 Å². The van der Waals surface area contributed by atoms with Gasteiger partial charge in [0.05, 0.1) is 0 Å². The van der Waals surface area contributed by atoms with E-state index in [9.17, 15) is 24.3 Å². The topological polar surface area (TPSA) is 165 Å². The van der Waals surface area contributed by atoms with E-state index in [1.165, 1.54) is 0 Å². The Morgan fingerprint density at radius 2 is 1.14 bits per heavy atom. The van der Waals surface area contributed by atoms with Gasteiger partial charge in [0.15, 0.2) is 0 Å². The molecule has 0 heterocycles. The third-order valence-corrected chi connectivity index (χ3v) is 7.72. The van der Waals surface area contributed by atoms with Crippen molar-refractivity contribution >= 4 is 30.2 Å². The molecule has 12 nitrogen and oxygen atoms in total. The molecule has 0 saturated carbocycles. The van der Waals surface area contributed by atoms with Crippen molar-refractivity contribution in [3.63, 3.8) is 0 Å². The molecule has 0 bridgehead atoms. The first-order chi connectivity index (χ1) is 23.9. The number of benzene rings is 4. The summed E-state index contributed by atoms with van der Waals surface area (Å²) in [4.78, 5) is 53.9. The van der Waals surface area contributed by atoms with Gasteiger partial charge in [0.25, 0.3) is 0 Å². The number of ether oxygens (including phenoxy) is 3. The molecule has 5 rings (SSSR count). The molecule has 12 heteroatoms. The van der Waals surface area contributed by atoms with Crippen molar-refractivity contribution in [3.8, 4) is 11.1 Å². The second kappa shape index (κ2) is 17.1. The highest BCUT2D eigenvalue weighted by atomic mass is 16.6. The number of carboxylic acids is 1. The summed E-state index contributed by atoms with van der Waals surface area (Å²) in [6.45, 7) is 0.00181. The molecule has 4 aromatic carbocycles. The Labute approximate surface area is 283 Å². The Kier molecular flexibility index (Phi) is 11.9. The molecule has 4 aromatic rings. The van der Waals surface area contributed by atoms with Crippen molar-refractivity contribution in [1.29, 1.82) is 0 Å². The van der Waals surface area contributed by atoms with Crippen LogP contribution in [-0.2, 0) is 32.2 Å². The minimum atomic E-state index is -1.26. The van der Waals surface area contributed by atoms with Crippen LogP contribution in [0.5, 0.6) is 0 Å². The van der Waals surface area contributed by atoms with E-state index in [0.717, 1.165) is 33.4 Å². The molecular weight excluding hydrogens is 628 g/mol. The lowest BCUT2D eigenvalue weighted by molar-refractivity contribution is -0.139. The average Bonchev–Trinajstić information content (AvgIpc) is 3.44. The van der Waals surface area contributed by atoms with Crippen molar-refractivity contribution in [3.05, 3.63) is 131 Å². The van der Waals surface area contributed by atoms with Crippen LogP contribution in [-0.4, -0.2) is 54.5 Å². The Morgan fingerprint density at radius 1 is 0.653 bits per heavy atom. The summed E-state index contributed by atoms with van der Waals surface area (Å²) in [7, 11) is 0. The lowest BCUT2D eigenvalue weighted by Crippen LogP contribution is -2.44. The number of hydrogen-bond acceptors (Lipinski definition) is 8. The van der Waals surface area contributed by atoms with E-state index in [1.807, 2.05) is 60.7 Å². The van der Waals surface area contributed by atoms with Gasteiger partial charge in [0.2, 0.25) is 5.96 Å². The van der Waals surface area contributed by atoms with E-state index in [4.69, 9.17) is 14.2 Å². The summed E-state index contributed by atoms with van der Waals surface area (Å²) in [5.74, 6) is -1.66. The lowest BCUT2D eigenvalue weighted by Gasteiger charge is -2.17.